The van der Waals surface area contributed by atoms with E-state index >= 15 is 0 Å². The molecule has 7 heteroatoms. The van der Waals surface area contributed by atoms with Crippen LogP contribution in [-0.4, -0.2) is 27.8 Å². The molecule has 0 aromatic carbocycles. The molecule has 0 saturated heterocycles. The molecule has 0 rings (SSSR count). The Balaban J connectivity index is 3.35. The largest absolute Gasteiger partial charge is 0.759 e. The Bertz CT molecular complexity index is 250. The van der Waals surface area contributed by atoms with E-state index in [1.54, 1.807) is 0 Å². The van der Waals surface area contributed by atoms with Crippen LogP contribution in [0.3, 0.4) is 0 Å². The highest BCUT2D eigenvalue weighted by molar-refractivity contribution is 7.92. The first-order chi connectivity index (χ1) is 9.09. The van der Waals surface area contributed by atoms with Gasteiger partial charge < -0.3 is 9.11 Å². The fraction of sp³-hybridized carbons (Fsp3) is 1.00. The van der Waals surface area contributed by atoms with Crippen molar-refractivity contribution in [2.45, 2.75) is 71.1 Å². The third kappa shape index (κ3) is 11.7. The fourth-order valence-corrected chi connectivity index (χ4v) is 2.88. The molecule has 116 valence electrons. The lowest BCUT2D eigenvalue weighted by Crippen LogP contribution is -2.28. The van der Waals surface area contributed by atoms with Crippen LogP contribution in [0.1, 0.15) is 71.1 Å². The Hall–Kier alpha value is 0.180. The van der Waals surface area contributed by atoms with Gasteiger partial charge in [-0.1, -0.05) is 64.7 Å². The molecule has 0 amide bonds. The average molecular weight is 311 g/mol. The number of unbranched alkanes of at least 4 members (excludes halogenated alkanes) is 9. The zero-order valence-corrected chi connectivity index (χ0v) is 13.3. The molecule has 2 unspecified atom stereocenters. The molecule has 0 aliphatic heterocycles. The van der Waals surface area contributed by atoms with E-state index in [1.165, 1.54) is 38.5 Å². The fourth-order valence-electron chi connectivity index (χ4n) is 1.93. The second-order valence-corrected chi connectivity index (χ2v) is 6.65. The van der Waals surface area contributed by atoms with Crippen LogP contribution in [0, 0.1) is 0 Å². The van der Waals surface area contributed by atoms with Crippen LogP contribution >= 0.6 is 0 Å². The SMILES string of the molecule is CCCCCCCCCCCCN(S(=O)[O-])S(=O)[O-]. The molecule has 0 radical (unpaired) electrons. The van der Waals surface area contributed by atoms with E-state index in [9.17, 15) is 17.5 Å². The lowest BCUT2D eigenvalue weighted by molar-refractivity contribution is 0.433. The molecule has 2 atom stereocenters. The van der Waals surface area contributed by atoms with Crippen LogP contribution in [0.15, 0.2) is 0 Å². The summed E-state index contributed by atoms with van der Waals surface area (Å²) in [5.74, 6) is 0. The van der Waals surface area contributed by atoms with Crippen molar-refractivity contribution < 1.29 is 17.5 Å². The van der Waals surface area contributed by atoms with Crippen molar-refractivity contribution in [3.8, 4) is 0 Å². The maximum absolute atomic E-state index is 10.6. The molecule has 19 heavy (non-hydrogen) atoms. The van der Waals surface area contributed by atoms with Gasteiger partial charge in [-0.25, -0.2) is 0 Å². The summed E-state index contributed by atoms with van der Waals surface area (Å²) in [5.41, 5.74) is 0. The monoisotopic (exact) mass is 311 g/mol. The first kappa shape index (κ1) is 19.2. The second kappa shape index (κ2) is 13.2. The van der Waals surface area contributed by atoms with Crippen molar-refractivity contribution in [2.24, 2.45) is 0 Å². The van der Waals surface area contributed by atoms with Crippen LogP contribution in [0.4, 0.5) is 0 Å². The molecule has 0 aliphatic carbocycles. The first-order valence-corrected chi connectivity index (χ1v) is 9.12. The predicted molar refractivity (Wildman–Crippen MR) is 76.4 cm³/mol. The van der Waals surface area contributed by atoms with Crippen LogP contribution in [0.2, 0.25) is 0 Å². The van der Waals surface area contributed by atoms with Crippen molar-refractivity contribution in [1.82, 2.24) is 3.71 Å². The quantitative estimate of drug-likeness (QED) is 0.387. The second-order valence-electron chi connectivity index (χ2n) is 4.67. The molecule has 5 nitrogen and oxygen atoms in total. The Labute approximate surface area is 122 Å². The maximum atomic E-state index is 10.6. The summed E-state index contributed by atoms with van der Waals surface area (Å²) in [5, 5.41) is 0. The summed E-state index contributed by atoms with van der Waals surface area (Å²) in [4.78, 5) is 0. The highest BCUT2D eigenvalue weighted by Gasteiger charge is 2.04. The summed E-state index contributed by atoms with van der Waals surface area (Å²) < 4.78 is 42.7. The van der Waals surface area contributed by atoms with E-state index in [2.05, 4.69) is 6.92 Å². The van der Waals surface area contributed by atoms with Gasteiger partial charge in [-0.05, 0) is 6.42 Å². The Morgan fingerprint density at radius 1 is 0.737 bits per heavy atom. The Kier molecular flexibility index (Phi) is 13.3. The van der Waals surface area contributed by atoms with Crippen molar-refractivity contribution in [1.29, 1.82) is 0 Å². The van der Waals surface area contributed by atoms with E-state index in [-0.39, 0.29) is 6.54 Å². The van der Waals surface area contributed by atoms with Crippen LogP contribution < -0.4 is 0 Å². The van der Waals surface area contributed by atoms with Gasteiger partial charge in [-0.3, -0.25) is 8.42 Å². The average Bonchev–Trinajstić information content (AvgIpc) is 2.35. The molecule has 0 aromatic rings. The first-order valence-electron chi connectivity index (χ1n) is 7.06. The van der Waals surface area contributed by atoms with E-state index in [0.29, 0.717) is 10.1 Å². The Morgan fingerprint density at radius 2 is 1.11 bits per heavy atom. The summed E-state index contributed by atoms with van der Waals surface area (Å²) in [6.07, 6.45) is 11.3. The topological polar surface area (TPSA) is 83.5 Å². The van der Waals surface area contributed by atoms with Gasteiger partial charge in [0.05, 0.1) is 0 Å². The molecule has 0 saturated carbocycles. The lowest BCUT2D eigenvalue weighted by atomic mass is 10.1. The normalized spacial score (nSPS) is 14.7. The summed E-state index contributed by atoms with van der Waals surface area (Å²) >= 11 is -5.35. The van der Waals surface area contributed by atoms with Crippen LogP contribution in [-0.2, 0) is 22.5 Å². The van der Waals surface area contributed by atoms with Crippen LogP contribution in [0.25, 0.3) is 0 Å². The third-order valence-electron chi connectivity index (χ3n) is 3.03. The lowest BCUT2D eigenvalue weighted by Gasteiger charge is -2.25. The molecule has 0 fully saturated rings. The van der Waals surface area contributed by atoms with E-state index < -0.39 is 22.5 Å². The van der Waals surface area contributed by atoms with Gasteiger partial charge in [0.1, 0.15) is 0 Å². The number of hydrogen-bond donors (Lipinski definition) is 0. The zero-order chi connectivity index (χ0) is 14.5. The van der Waals surface area contributed by atoms with Gasteiger partial charge in [0.15, 0.2) is 0 Å². The summed E-state index contributed by atoms with van der Waals surface area (Å²) in [6, 6.07) is 0. The molecule has 0 heterocycles. The van der Waals surface area contributed by atoms with Crippen LogP contribution in [0.5, 0.6) is 0 Å². The summed E-state index contributed by atoms with van der Waals surface area (Å²) in [6.45, 7) is 2.26. The molecular weight excluding hydrogens is 286 g/mol. The third-order valence-corrected chi connectivity index (χ3v) is 4.79. The maximum Gasteiger partial charge on any atom is 0.0323 e. The summed E-state index contributed by atoms with van der Waals surface area (Å²) in [7, 11) is 0. The minimum Gasteiger partial charge on any atom is -0.759 e. The molecule has 0 spiro atoms. The molecular formula is C12H25NO4S2-2. The van der Waals surface area contributed by atoms with E-state index in [0.717, 1.165) is 19.3 Å². The van der Waals surface area contributed by atoms with E-state index in [1.807, 2.05) is 0 Å². The van der Waals surface area contributed by atoms with Crippen molar-refractivity contribution in [3.05, 3.63) is 0 Å². The van der Waals surface area contributed by atoms with E-state index in [4.69, 9.17) is 0 Å². The van der Waals surface area contributed by atoms with Crippen molar-refractivity contribution >= 4 is 22.5 Å². The smallest absolute Gasteiger partial charge is 0.0323 e. The Morgan fingerprint density at radius 3 is 1.47 bits per heavy atom. The minimum absolute atomic E-state index is 0.0583. The highest BCUT2D eigenvalue weighted by Crippen LogP contribution is 2.11. The van der Waals surface area contributed by atoms with Gasteiger partial charge in [0, 0.05) is 29.1 Å². The number of nitrogens with zero attached hydrogens (tertiary/aromatic N) is 1. The van der Waals surface area contributed by atoms with Crippen molar-refractivity contribution in [2.75, 3.05) is 6.54 Å². The molecule has 0 N–H and O–H groups in total. The molecule has 0 bridgehead atoms. The number of hydrogen-bond acceptors (Lipinski definition) is 4. The standard InChI is InChI=1S/C12H27NO4S2/c1-2-3-4-5-6-7-8-9-10-11-12-13(18(14)15)19(16)17/h2-12H2,1H3,(H,14,15)(H,16,17)/p-2. The predicted octanol–water partition coefficient (Wildman–Crippen LogP) is 2.80. The van der Waals surface area contributed by atoms with Crippen molar-refractivity contribution in [3.63, 3.8) is 0 Å². The minimum atomic E-state index is -2.68. The van der Waals surface area contributed by atoms with Gasteiger partial charge in [-0.2, -0.15) is 3.71 Å². The van der Waals surface area contributed by atoms with Gasteiger partial charge in [0.2, 0.25) is 0 Å². The van der Waals surface area contributed by atoms with Gasteiger partial charge >= 0.3 is 0 Å². The molecule has 0 aromatic heterocycles. The van der Waals surface area contributed by atoms with Gasteiger partial charge in [0.25, 0.3) is 0 Å². The highest BCUT2D eigenvalue weighted by atomic mass is 32.3. The zero-order valence-electron chi connectivity index (χ0n) is 11.7. The number of rotatable bonds is 13. The molecule has 0 aliphatic rings. The van der Waals surface area contributed by atoms with Gasteiger partial charge in [-0.15, -0.1) is 0 Å².